The van der Waals surface area contributed by atoms with Gasteiger partial charge in [-0.1, -0.05) is 30.3 Å². The Morgan fingerprint density at radius 2 is 2.00 bits per heavy atom. The Hall–Kier alpha value is -0.570. The average Bonchev–Trinajstić information content (AvgIpc) is 2.71. The number of benzene rings is 1. The van der Waals surface area contributed by atoms with Gasteiger partial charge in [-0.25, -0.2) is 0 Å². The maximum atomic E-state index is 6.12. The lowest BCUT2D eigenvalue weighted by atomic mass is 9.93. The molecule has 0 radical (unpaired) electrons. The van der Waals surface area contributed by atoms with Gasteiger partial charge >= 0.3 is 0 Å². The van der Waals surface area contributed by atoms with Crippen LogP contribution in [0.5, 0.6) is 0 Å². The lowest BCUT2D eigenvalue weighted by Crippen LogP contribution is -2.21. The van der Waals surface area contributed by atoms with Crippen molar-refractivity contribution >= 4 is 12.4 Å². The van der Waals surface area contributed by atoms with Crippen LogP contribution in [0.4, 0.5) is 0 Å². The van der Waals surface area contributed by atoms with E-state index < -0.39 is 0 Å². The van der Waals surface area contributed by atoms with Gasteiger partial charge in [-0.2, -0.15) is 0 Å². The summed E-state index contributed by atoms with van der Waals surface area (Å²) in [4.78, 5) is 0. The summed E-state index contributed by atoms with van der Waals surface area (Å²) in [5.74, 6) is 0.502. The van der Waals surface area contributed by atoms with Gasteiger partial charge in [-0.05, 0) is 12.0 Å². The van der Waals surface area contributed by atoms with E-state index in [-0.39, 0.29) is 18.4 Å². The predicted molar refractivity (Wildman–Crippen MR) is 59.5 cm³/mol. The fraction of sp³-hybridized carbons (Fsp3) is 0.455. The molecule has 0 spiro atoms. The molecule has 2 N–H and O–H groups in total. The first-order chi connectivity index (χ1) is 6.38. The molecule has 1 saturated heterocycles. The highest BCUT2D eigenvalue weighted by molar-refractivity contribution is 5.85. The standard InChI is InChI=1S/C11H15NO.ClH/c12-11(10-6-7-13-8-10)9-4-2-1-3-5-9;/h1-5,10-11H,6-8,12H2;1H. The van der Waals surface area contributed by atoms with E-state index in [1.54, 1.807) is 0 Å². The number of hydrogen-bond donors (Lipinski definition) is 1. The van der Waals surface area contributed by atoms with E-state index in [1.165, 1.54) is 5.56 Å². The van der Waals surface area contributed by atoms with E-state index in [0.29, 0.717) is 5.92 Å². The molecule has 1 aromatic rings. The quantitative estimate of drug-likeness (QED) is 0.817. The van der Waals surface area contributed by atoms with E-state index in [9.17, 15) is 0 Å². The highest BCUT2D eigenvalue weighted by atomic mass is 35.5. The van der Waals surface area contributed by atoms with Crippen LogP contribution in [-0.2, 0) is 4.74 Å². The van der Waals surface area contributed by atoms with Crippen LogP contribution in [0.2, 0.25) is 0 Å². The largest absolute Gasteiger partial charge is 0.381 e. The summed E-state index contributed by atoms with van der Waals surface area (Å²) in [7, 11) is 0. The van der Waals surface area contributed by atoms with Crippen molar-refractivity contribution in [3.8, 4) is 0 Å². The Kier molecular flexibility index (Phi) is 4.39. The van der Waals surface area contributed by atoms with E-state index >= 15 is 0 Å². The molecule has 3 heteroatoms. The predicted octanol–water partition coefficient (Wildman–Crippen LogP) is 2.14. The van der Waals surface area contributed by atoms with Crippen LogP contribution < -0.4 is 5.73 Å². The maximum Gasteiger partial charge on any atom is 0.0513 e. The summed E-state index contributed by atoms with van der Waals surface area (Å²) >= 11 is 0. The summed E-state index contributed by atoms with van der Waals surface area (Å²) in [6.45, 7) is 1.68. The van der Waals surface area contributed by atoms with Gasteiger partial charge in [-0.15, -0.1) is 12.4 Å². The Bertz CT molecular complexity index is 259. The first kappa shape index (κ1) is 11.5. The molecule has 1 aromatic carbocycles. The summed E-state index contributed by atoms with van der Waals surface area (Å²) in [5, 5.41) is 0. The monoisotopic (exact) mass is 213 g/mol. The number of halogens is 1. The molecule has 1 fully saturated rings. The van der Waals surface area contributed by atoms with Gasteiger partial charge in [0, 0.05) is 18.6 Å². The first-order valence-corrected chi connectivity index (χ1v) is 4.76. The van der Waals surface area contributed by atoms with Crippen LogP contribution in [0.1, 0.15) is 18.0 Å². The van der Waals surface area contributed by atoms with Crippen molar-refractivity contribution in [1.29, 1.82) is 0 Å². The molecule has 78 valence electrons. The lowest BCUT2D eigenvalue weighted by molar-refractivity contribution is 0.181. The zero-order valence-electron chi connectivity index (χ0n) is 8.06. The molecule has 0 aromatic heterocycles. The van der Waals surface area contributed by atoms with Crippen LogP contribution in [0.15, 0.2) is 30.3 Å². The van der Waals surface area contributed by atoms with Gasteiger partial charge in [0.2, 0.25) is 0 Å². The Morgan fingerprint density at radius 3 is 2.57 bits per heavy atom. The van der Waals surface area contributed by atoms with E-state index in [1.807, 2.05) is 18.2 Å². The number of nitrogens with two attached hydrogens (primary N) is 1. The Morgan fingerprint density at radius 1 is 1.29 bits per heavy atom. The second-order valence-corrected chi connectivity index (χ2v) is 3.56. The van der Waals surface area contributed by atoms with Crippen LogP contribution in [-0.4, -0.2) is 13.2 Å². The van der Waals surface area contributed by atoms with E-state index in [2.05, 4.69) is 12.1 Å². The third-order valence-corrected chi connectivity index (χ3v) is 2.66. The highest BCUT2D eigenvalue weighted by Gasteiger charge is 2.23. The van der Waals surface area contributed by atoms with Crippen molar-refractivity contribution in [3.63, 3.8) is 0 Å². The van der Waals surface area contributed by atoms with Crippen molar-refractivity contribution in [2.45, 2.75) is 12.5 Å². The molecule has 2 unspecified atom stereocenters. The van der Waals surface area contributed by atoms with Crippen LogP contribution in [0.3, 0.4) is 0 Å². The fourth-order valence-electron chi connectivity index (χ4n) is 1.78. The van der Waals surface area contributed by atoms with Gasteiger partial charge < -0.3 is 10.5 Å². The second kappa shape index (κ2) is 5.35. The summed E-state index contributed by atoms with van der Waals surface area (Å²) in [6.07, 6.45) is 1.09. The average molecular weight is 214 g/mol. The summed E-state index contributed by atoms with van der Waals surface area (Å²) in [5.41, 5.74) is 7.34. The lowest BCUT2D eigenvalue weighted by Gasteiger charge is -2.17. The van der Waals surface area contributed by atoms with Gasteiger partial charge in [0.05, 0.1) is 6.61 Å². The van der Waals surface area contributed by atoms with Gasteiger partial charge in [0.25, 0.3) is 0 Å². The van der Waals surface area contributed by atoms with Crippen LogP contribution >= 0.6 is 12.4 Å². The molecule has 2 nitrogen and oxygen atoms in total. The topological polar surface area (TPSA) is 35.2 Å². The van der Waals surface area contributed by atoms with Gasteiger partial charge in [0.15, 0.2) is 0 Å². The van der Waals surface area contributed by atoms with Crippen molar-refractivity contribution in [2.24, 2.45) is 11.7 Å². The number of ether oxygens (including phenoxy) is 1. The van der Waals surface area contributed by atoms with E-state index in [0.717, 1.165) is 19.6 Å². The number of hydrogen-bond acceptors (Lipinski definition) is 2. The molecule has 0 saturated carbocycles. The Labute approximate surface area is 90.9 Å². The summed E-state index contributed by atoms with van der Waals surface area (Å²) in [6, 6.07) is 10.4. The van der Waals surface area contributed by atoms with Crippen molar-refractivity contribution < 1.29 is 4.74 Å². The molecule has 1 aliphatic heterocycles. The van der Waals surface area contributed by atoms with Crippen LogP contribution in [0, 0.1) is 5.92 Å². The SMILES string of the molecule is Cl.NC(c1ccccc1)C1CCOC1. The van der Waals surface area contributed by atoms with Crippen molar-refractivity contribution in [1.82, 2.24) is 0 Å². The second-order valence-electron chi connectivity index (χ2n) is 3.56. The zero-order chi connectivity index (χ0) is 9.10. The molecule has 0 amide bonds. The Balaban J connectivity index is 0.000000980. The molecular formula is C11H16ClNO. The van der Waals surface area contributed by atoms with Crippen molar-refractivity contribution in [3.05, 3.63) is 35.9 Å². The third kappa shape index (κ3) is 2.47. The highest BCUT2D eigenvalue weighted by Crippen LogP contribution is 2.26. The van der Waals surface area contributed by atoms with E-state index in [4.69, 9.17) is 10.5 Å². The molecule has 14 heavy (non-hydrogen) atoms. The normalized spacial score (nSPS) is 22.8. The molecule has 1 heterocycles. The minimum atomic E-state index is 0. The number of rotatable bonds is 2. The molecule has 1 aliphatic rings. The van der Waals surface area contributed by atoms with Gasteiger partial charge in [0.1, 0.15) is 0 Å². The fourth-order valence-corrected chi connectivity index (χ4v) is 1.78. The van der Waals surface area contributed by atoms with Crippen molar-refractivity contribution in [2.75, 3.05) is 13.2 Å². The maximum absolute atomic E-state index is 6.12. The molecule has 2 rings (SSSR count). The minimum Gasteiger partial charge on any atom is -0.381 e. The molecule has 0 aliphatic carbocycles. The van der Waals surface area contributed by atoms with Gasteiger partial charge in [-0.3, -0.25) is 0 Å². The zero-order valence-corrected chi connectivity index (χ0v) is 8.87. The smallest absolute Gasteiger partial charge is 0.0513 e. The molecule has 2 atom stereocenters. The molecular weight excluding hydrogens is 198 g/mol. The van der Waals surface area contributed by atoms with Crippen LogP contribution in [0.25, 0.3) is 0 Å². The first-order valence-electron chi connectivity index (χ1n) is 4.76. The molecule has 0 bridgehead atoms. The minimum absolute atomic E-state index is 0. The summed E-state index contributed by atoms with van der Waals surface area (Å²) < 4.78 is 5.32. The third-order valence-electron chi connectivity index (χ3n) is 2.66.